The fourth-order valence-electron chi connectivity index (χ4n) is 1.92. The number of aromatic nitrogens is 1. The number of hydrogen-bond acceptors (Lipinski definition) is 3. The van der Waals surface area contributed by atoms with Gasteiger partial charge in [0, 0.05) is 0 Å². The zero-order chi connectivity index (χ0) is 14.7. The van der Waals surface area contributed by atoms with E-state index in [4.69, 9.17) is 9.15 Å². The molecule has 0 saturated carbocycles. The molecule has 0 bridgehead atoms. The molecule has 0 atom stereocenters. The van der Waals surface area contributed by atoms with Gasteiger partial charge in [-0.25, -0.2) is 9.37 Å². The summed E-state index contributed by atoms with van der Waals surface area (Å²) in [6, 6.07) is 12.0. The summed E-state index contributed by atoms with van der Waals surface area (Å²) in [4.78, 5) is 3.68. The van der Waals surface area contributed by atoms with Gasteiger partial charge in [0.2, 0.25) is 5.82 Å². The molecule has 21 heavy (non-hydrogen) atoms. The Hall–Kier alpha value is -2.69. The number of hydrogen-bond donors (Lipinski definition) is 0. The van der Waals surface area contributed by atoms with Gasteiger partial charge in [-0.2, -0.15) is 4.39 Å². The molecule has 0 amide bonds. The Morgan fingerprint density at radius 3 is 2.52 bits per heavy atom. The van der Waals surface area contributed by atoms with Gasteiger partial charge in [-0.05, 0) is 17.7 Å². The fraction of sp³-hybridized carbons (Fsp3) is 0.0625. The lowest BCUT2D eigenvalue weighted by atomic mass is 10.1. The zero-order valence-electron chi connectivity index (χ0n) is 10.9. The summed E-state index contributed by atoms with van der Waals surface area (Å²) in [5.74, 6) is -2.03. The van der Waals surface area contributed by atoms with Gasteiger partial charge in [-0.3, -0.25) is 0 Å². The highest BCUT2D eigenvalue weighted by atomic mass is 19.2. The van der Waals surface area contributed by atoms with Crippen molar-refractivity contribution in [3.05, 3.63) is 72.3 Å². The Labute approximate surface area is 119 Å². The first kappa shape index (κ1) is 13.3. The third-order valence-electron chi connectivity index (χ3n) is 2.98. The number of oxazole rings is 1. The van der Waals surface area contributed by atoms with Gasteiger partial charge in [0.25, 0.3) is 0 Å². The van der Waals surface area contributed by atoms with Crippen molar-refractivity contribution in [3.8, 4) is 17.1 Å². The number of benzene rings is 2. The molecule has 0 saturated heterocycles. The maximum atomic E-state index is 14.0. The number of halogens is 2. The minimum absolute atomic E-state index is 0.0112. The van der Waals surface area contributed by atoms with Gasteiger partial charge in [0.05, 0.1) is 11.8 Å². The summed E-state index contributed by atoms with van der Waals surface area (Å²) in [5.41, 5.74) is 0.883. The van der Waals surface area contributed by atoms with Crippen LogP contribution in [0.25, 0.3) is 11.3 Å². The van der Waals surface area contributed by atoms with Crippen LogP contribution in [0.1, 0.15) is 5.56 Å². The number of rotatable bonds is 4. The van der Waals surface area contributed by atoms with Crippen LogP contribution in [-0.4, -0.2) is 4.98 Å². The maximum absolute atomic E-state index is 14.0. The molecule has 0 unspecified atom stereocenters. The first-order valence-electron chi connectivity index (χ1n) is 6.29. The minimum Gasteiger partial charge on any atom is -0.486 e. The Bertz CT molecular complexity index is 728. The Kier molecular flexibility index (Phi) is 3.64. The van der Waals surface area contributed by atoms with E-state index in [2.05, 4.69) is 4.98 Å². The lowest BCUT2D eigenvalue weighted by Crippen LogP contribution is -2.00. The second-order valence-electron chi connectivity index (χ2n) is 4.38. The van der Waals surface area contributed by atoms with Crippen LogP contribution in [0.3, 0.4) is 0 Å². The minimum atomic E-state index is -1.04. The van der Waals surface area contributed by atoms with Crippen molar-refractivity contribution < 1.29 is 17.9 Å². The molecule has 0 N–H and O–H groups in total. The fourth-order valence-corrected chi connectivity index (χ4v) is 1.92. The highest BCUT2D eigenvalue weighted by Gasteiger charge is 2.17. The number of ether oxygens (including phenoxy) is 1. The highest BCUT2D eigenvalue weighted by molar-refractivity contribution is 5.58. The molecule has 3 rings (SSSR count). The lowest BCUT2D eigenvalue weighted by molar-refractivity contribution is 0.285. The van der Waals surface area contributed by atoms with Crippen molar-refractivity contribution >= 4 is 0 Å². The van der Waals surface area contributed by atoms with Gasteiger partial charge in [0.1, 0.15) is 6.61 Å². The molecule has 0 fully saturated rings. The van der Waals surface area contributed by atoms with Crippen LogP contribution in [0.15, 0.2) is 59.5 Å². The molecular weight excluding hydrogens is 276 g/mol. The van der Waals surface area contributed by atoms with Crippen LogP contribution in [0.4, 0.5) is 8.78 Å². The first-order valence-corrected chi connectivity index (χ1v) is 6.29. The standard InChI is InChI=1S/C16H11F2NO2/c17-15-12(14-8-19-10-21-14)6-7-13(16(15)18)20-9-11-4-2-1-3-5-11/h1-8,10H,9H2. The SMILES string of the molecule is Fc1c(OCc2ccccc2)ccc(-c2cnco2)c1F. The monoisotopic (exact) mass is 287 g/mol. The molecule has 5 heteroatoms. The summed E-state index contributed by atoms with van der Waals surface area (Å²) in [6.07, 6.45) is 2.48. The van der Waals surface area contributed by atoms with E-state index in [0.29, 0.717) is 0 Å². The van der Waals surface area contributed by atoms with Crippen LogP contribution in [0.5, 0.6) is 5.75 Å². The Morgan fingerprint density at radius 2 is 1.81 bits per heavy atom. The highest BCUT2D eigenvalue weighted by Crippen LogP contribution is 2.29. The average Bonchev–Trinajstić information content (AvgIpc) is 3.04. The van der Waals surface area contributed by atoms with Gasteiger partial charge < -0.3 is 9.15 Å². The average molecular weight is 287 g/mol. The molecule has 0 spiro atoms. The van der Waals surface area contributed by atoms with Crippen LogP contribution in [0.2, 0.25) is 0 Å². The van der Waals surface area contributed by atoms with Crippen molar-refractivity contribution in [1.82, 2.24) is 4.98 Å². The molecule has 0 aliphatic carbocycles. The van der Waals surface area contributed by atoms with E-state index in [1.54, 1.807) is 0 Å². The van der Waals surface area contributed by atoms with Gasteiger partial charge in [-0.15, -0.1) is 0 Å². The Morgan fingerprint density at radius 1 is 1.00 bits per heavy atom. The smallest absolute Gasteiger partial charge is 0.201 e. The maximum Gasteiger partial charge on any atom is 0.201 e. The predicted molar refractivity (Wildman–Crippen MR) is 72.6 cm³/mol. The Balaban J connectivity index is 1.83. The third kappa shape index (κ3) is 2.76. The lowest BCUT2D eigenvalue weighted by Gasteiger charge is -2.09. The van der Waals surface area contributed by atoms with Crippen molar-refractivity contribution in [2.24, 2.45) is 0 Å². The van der Waals surface area contributed by atoms with E-state index >= 15 is 0 Å². The van der Waals surface area contributed by atoms with Crippen molar-refractivity contribution in [2.75, 3.05) is 0 Å². The molecule has 3 aromatic rings. The molecule has 2 aromatic carbocycles. The van der Waals surface area contributed by atoms with Crippen molar-refractivity contribution in [1.29, 1.82) is 0 Å². The van der Waals surface area contributed by atoms with E-state index in [1.807, 2.05) is 30.3 Å². The van der Waals surface area contributed by atoms with Crippen molar-refractivity contribution in [2.45, 2.75) is 6.61 Å². The summed E-state index contributed by atoms with van der Waals surface area (Å²) in [6.45, 7) is 0.166. The molecule has 0 radical (unpaired) electrons. The van der Waals surface area contributed by atoms with E-state index in [9.17, 15) is 8.78 Å². The predicted octanol–water partition coefficient (Wildman–Crippen LogP) is 4.20. The van der Waals surface area contributed by atoms with Gasteiger partial charge in [0.15, 0.2) is 23.7 Å². The topological polar surface area (TPSA) is 35.3 Å². The largest absolute Gasteiger partial charge is 0.486 e. The molecule has 3 nitrogen and oxygen atoms in total. The van der Waals surface area contributed by atoms with Crippen LogP contribution in [-0.2, 0) is 6.61 Å². The molecule has 0 aliphatic rings. The normalized spacial score (nSPS) is 10.6. The molecule has 1 aromatic heterocycles. The molecule has 0 aliphatic heterocycles. The van der Waals surface area contributed by atoms with Gasteiger partial charge >= 0.3 is 0 Å². The molecule has 106 valence electrons. The second-order valence-corrected chi connectivity index (χ2v) is 4.38. The second kappa shape index (κ2) is 5.75. The van der Waals surface area contributed by atoms with E-state index in [-0.39, 0.29) is 23.7 Å². The molecular formula is C16H11F2NO2. The van der Waals surface area contributed by atoms with E-state index in [1.165, 1.54) is 18.3 Å². The molecule has 1 heterocycles. The summed E-state index contributed by atoms with van der Waals surface area (Å²) in [5, 5.41) is 0. The summed E-state index contributed by atoms with van der Waals surface area (Å²) < 4.78 is 38.3. The van der Waals surface area contributed by atoms with Crippen molar-refractivity contribution in [3.63, 3.8) is 0 Å². The summed E-state index contributed by atoms with van der Waals surface area (Å²) >= 11 is 0. The van der Waals surface area contributed by atoms with E-state index < -0.39 is 11.6 Å². The van der Waals surface area contributed by atoms with Crippen LogP contribution < -0.4 is 4.74 Å². The first-order chi connectivity index (χ1) is 10.3. The summed E-state index contributed by atoms with van der Waals surface area (Å²) in [7, 11) is 0. The quantitative estimate of drug-likeness (QED) is 0.721. The van der Waals surface area contributed by atoms with Crippen LogP contribution in [0, 0.1) is 11.6 Å². The van der Waals surface area contributed by atoms with E-state index in [0.717, 1.165) is 12.0 Å². The van der Waals surface area contributed by atoms with Crippen LogP contribution >= 0.6 is 0 Å². The number of nitrogens with zero attached hydrogens (tertiary/aromatic N) is 1. The van der Waals surface area contributed by atoms with Gasteiger partial charge in [-0.1, -0.05) is 30.3 Å². The third-order valence-corrected chi connectivity index (χ3v) is 2.98. The zero-order valence-corrected chi connectivity index (χ0v) is 10.9.